The molecule has 0 aliphatic carbocycles. The van der Waals surface area contributed by atoms with Gasteiger partial charge in [-0.05, 0) is 50.2 Å². The molecule has 0 bridgehead atoms. The molecule has 1 aromatic rings. The van der Waals surface area contributed by atoms with Crippen LogP contribution in [0.15, 0.2) is 9.70 Å². The predicted octanol–water partition coefficient (Wildman–Crippen LogP) is 3.60. The van der Waals surface area contributed by atoms with Gasteiger partial charge in [0.2, 0.25) is 0 Å². The van der Waals surface area contributed by atoms with Crippen LogP contribution in [0.3, 0.4) is 0 Å². The Morgan fingerprint density at radius 3 is 2.50 bits per heavy atom. The van der Waals surface area contributed by atoms with Crippen LogP contribution < -0.4 is 10.5 Å². The molecule has 34 heavy (non-hydrogen) atoms. The number of amides is 1. The predicted molar refractivity (Wildman–Crippen MR) is 138 cm³/mol. The van der Waals surface area contributed by atoms with Crippen molar-refractivity contribution in [1.29, 1.82) is 5.26 Å². The third kappa shape index (κ3) is 5.20. The summed E-state index contributed by atoms with van der Waals surface area (Å²) in [5.74, 6) is 0.426. The number of piperidine rings is 1. The van der Waals surface area contributed by atoms with Crippen molar-refractivity contribution in [2.75, 3.05) is 24.5 Å². The van der Waals surface area contributed by atoms with E-state index in [1.165, 1.54) is 4.90 Å². The third-order valence-corrected chi connectivity index (χ3v) is 7.63. The first kappa shape index (κ1) is 26.0. The van der Waals surface area contributed by atoms with Gasteiger partial charge < -0.3 is 10.0 Å². The Bertz CT molecular complexity index is 1140. The van der Waals surface area contributed by atoms with E-state index >= 15 is 0 Å². The Morgan fingerprint density at radius 2 is 1.94 bits per heavy atom. The largest absolute Gasteiger partial charge is 0.481 e. The molecule has 0 saturated carbocycles. The van der Waals surface area contributed by atoms with Crippen molar-refractivity contribution in [2.45, 2.75) is 53.5 Å². The summed E-state index contributed by atoms with van der Waals surface area (Å²) in [5.41, 5.74) is 0.994. The number of thioether (sulfide) groups is 1. The zero-order valence-electron chi connectivity index (χ0n) is 20.0. The van der Waals surface area contributed by atoms with E-state index in [1.54, 1.807) is 17.6 Å². The summed E-state index contributed by atoms with van der Waals surface area (Å²) in [4.78, 5) is 41.2. The second kappa shape index (κ2) is 10.7. The summed E-state index contributed by atoms with van der Waals surface area (Å²) in [6, 6.07) is 2.05. The average Bonchev–Trinajstić information content (AvgIpc) is 3.02. The number of anilines is 1. The van der Waals surface area contributed by atoms with Gasteiger partial charge in [0.25, 0.3) is 11.5 Å². The van der Waals surface area contributed by atoms with Crippen LogP contribution in [-0.2, 0) is 16.1 Å². The molecule has 10 heteroatoms. The highest BCUT2D eigenvalue weighted by Gasteiger charge is 2.34. The van der Waals surface area contributed by atoms with Crippen LogP contribution in [0, 0.1) is 30.1 Å². The number of aliphatic carboxylic acids is 1. The minimum atomic E-state index is -0.919. The number of thiocarbonyl (C=S) groups is 1. The molecule has 2 fully saturated rings. The van der Waals surface area contributed by atoms with Gasteiger partial charge in [0.1, 0.15) is 21.8 Å². The molecule has 1 amide bonds. The average molecular weight is 503 g/mol. The smallest absolute Gasteiger partial charge is 0.303 e. The van der Waals surface area contributed by atoms with E-state index < -0.39 is 5.97 Å². The lowest BCUT2D eigenvalue weighted by atomic mass is 9.91. The maximum Gasteiger partial charge on any atom is 0.303 e. The van der Waals surface area contributed by atoms with E-state index in [4.69, 9.17) is 17.3 Å². The van der Waals surface area contributed by atoms with Crippen LogP contribution in [0.2, 0.25) is 0 Å². The molecule has 3 heterocycles. The lowest BCUT2D eigenvalue weighted by Crippen LogP contribution is -2.42. The fraction of sp³-hybridized carbons (Fsp3) is 0.542. The van der Waals surface area contributed by atoms with Crippen molar-refractivity contribution in [2.24, 2.45) is 11.8 Å². The molecule has 1 aromatic heterocycles. The molecule has 2 saturated heterocycles. The summed E-state index contributed by atoms with van der Waals surface area (Å²) >= 11 is 6.56. The summed E-state index contributed by atoms with van der Waals surface area (Å²) in [6.07, 6.45) is 3.11. The van der Waals surface area contributed by atoms with E-state index in [9.17, 15) is 19.6 Å². The molecule has 0 aromatic carbocycles. The Balaban J connectivity index is 2.12. The zero-order chi connectivity index (χ0) is 25.2. The minimum Gasteiger partial charge on any atom is -0.481 e. The van der Waals surface area contributed by atoms with Gasteiger partial charge in [0.05, 0.1) is 4.91 Å². The number of nitrogens with zero attached hydrogens (tertiary/aromatic N) is 4. The topological polar surface area (TPSA) is 107 Å². The highest BCUT2D eigenvalue weighted by molar-refractivity contribution is 8.26. The third-order valence-electron chi connectivity index (χ3n) is 6.25. The number of carbonyl (C=O) groups is 2. The molecule has 8 nitrogen and oxygen atoms in total. The molecule has 182 valence electrons. The van der Waals surface area contributed by atoms with E-state index in [-0.39, 0.29) is 30.0 Å². The summed E-state index contributed by atoms with van der Waals surface area (Å²) in [7, 11) is 0. The van der Waals surface area contributed by atoms with Crippen molar-refractivity contribution in [3.05, 3.63) is 31.9 Å². The van der Waals surface area contributed by atoms with Crippen molar-refractivity contribution in [3.63, 3.8) is 0 Å². The highest BCUT2D eigenvalue weighted by atomic mass is 32.2. The summed E-state index contributed by atoms with van der Waals surface area (Å²) in [6.45, 7) is 10.2. The van der Waals surface area contributed by atoms with Crippen LogP contribution in [0.1, 0.15) is 56.7 Å². The molecular weight excluding hydrogens is 472 g/mol. The molecule has 2 aliphatic rings. The maximum absolute atomic E-state index is 13.2. The molecule has 2 atom stereocenters. The molecule has 0 spiro atoms. The first-order valence-electron chi connectivity index (χ1n) is 11.5. The van der Waals surface area contributed by atoms with Crippen LogP contribution in [0.4, 0.5) is 5.82 Å². The molecule has 0 radical (unpaired) electrons. The number of hydrogen-bond acceptors (Lipinski definition) is 7. The van der Waals surface area contributed by atoms with Crippen molar-refractivity contribution < 1.29 is 14.7 Å². The summed E-state index contributed by atoms with van der Waals surface area (Å²) in [5, 5.41) is 18.6. The van der Waals surface area contributed by atoms with Crippen molar-refractivity contribution in [1.82, 2.24) is 9.47 Å². The van der Waals surface area contributed by atoms with Gasteiger partial charge in [-0.2, -0.15) is 5.26 Å². The molecule has 1 N–H and O–H groups in total. The van der Waals surface area contributed by atoms with Gasteiger partial charge in [0.15, 0.2) is 0 Å². The van der Waals surface area contributed by atoms with Crippen LogP contribution in [-0.4, -0.2) is 50.4 Å². The lowest BCUT2D eigenvalue weighted by molar-refractivity contribution is -0.137. The van der Waals surface area contributed by atoms with Gasteiger partial charge in [0, 0.05) is 38.2 Å². The lowest BCUT2D eigenvalue weighted by Gasteiger charge is -2.38. The fourth-order valence-electron chi connectivity index (χ4n) is 4.83. The van der Waals surface area contributed by atoms with Crippen LogP contribution >= 0.6 is 24.0 Å². The highest BCUT2D eigenvalue weighted by Crippen LogP contribution is 2.37. The second-order valence-electron chi connectivity index (χ2n) is 9.08. The van der Waals surface area contributed by atoms with E-state index in [0.29, 0.717) is 45.2 Å². The Morgan fingerprint density at radius 1 is 1.29 bits per heavy atom. The van der Waals surface area contributed by atoms with E-state index in [2.05, 4.69) is 24.8 Å². The Kier molecular flexibility index (Phi) is 8.21. The normalized spacial score (nSPS) is 21.9. The fourth-order valence-corrected chi connectivity index (χ4v) is 6.12. The quantitative estimate of drug-likeness (QED) is 0.445. The Hall–Kier alpha value is -2.64. The summed E-state index contributed by atoms with van der Waals surface area (Å²) < 4.78 is 2.01. The number of carbonyl (C=O) groups excluding carboxylic acids is 1. The van der Waals surface area contributed by atoms with Gasteiger partial charge >= 0.3 is 5.97 Å². The molecule has 3 rings (SSSR count). The molecular formula is C24H30N4O4S2. The standard InChI is InChI=1S/C24H30N4O4S2/c1-5-27-21(26-12-14(2)9-15(3)13-26)17(16(4)18(11-25)22(27)31)10-19-23(32)28(24(33)34-19)8-6-7-20(29)30/h10,14-15H,5-9,12-13H2,1-4H3,(H,29,30)/b19-10-. The number of aromatic nitrogens is 1. The second-order valence-corrected chi connectivity index (χ2v) is 10.8. The van der Waals surface area contributed by atoms with Gasteiger partial charge in [-0.3, -0.25) is 23.9 Å². The number of pyridine rings is 1. The molecule has 2 unspecified atom stereocenters. The number of rotatable bonds is 7. The van der Waals surface area contributed by atoms with Gasteiger partial charge in [-0.15, -0.1) is 0 Å². The first-order valence-corrected chi connectivity index (χ1v) is 12.7. The van der Waals surface area contributed by atoms with Gasteiger partial charge in [-0.25, -0.2) is 0 Å². The van der Waals surface area contributed by atoms with E-state index in [0.717, 1.165) is 37.1 Å². The minimum absolute atomic E-state index is 0.0440. The SMILES string of the molecule is CCn1c(N2CC(C)CC(C)C2)c(/C=C2\SC(=S)N(CCCC(=O)O)C2=O)c(C)c(C#N)c1=O. The van der Waals surface area contributed by atoms with Crippen LogP contribution in [0.5, 0.6) is 0 Å². The monoisotopic (exact) mass is 502 g/mol. The van der Waals surface area contributed by atoms with Crippen molar-refractivity contribution >= 4 is 52.1 Å². The Labute approximate surface area is 209 Å². The number of nitriles is 1. The van der Waals surface area contributed by atoms with E-state index in [1.807, 2.05) is 6.92 Å². The van der Waals surface area contributed by atoms with Gasteiger partial charge in [-0.1, -0.05) is 37.8 Å². The maximum atomic E-state index is 13.2. The molecule has 2 aliphatic heterocycles. The number of carboxylic acids is 1. The number of carboxylic acid groups (broad SMARTS) is 1. The number of hydrogen-bond donors (Lipinski definition) is 1. The first-order chi connectivity index (χ1) is 16.1. The zero-order valence-corrected chi connectivity index (χ0v) is 21.6. The van der Waals surface area contributed by atoms with Crippen LogP contribution in [0.25, 0.3) is 6.08 Å². The van der Waals surface area contributed by atoms with Crippen molar-refractivity contribution in [3.8, 4) is 6.07 Å².